The maximum atomic E-state index is 12.9. The molecule has 0 aromatic carbocycles. The van der Waals surface area contributed by atoms with E-state index in [0.29, 0.717) is 5.91 Å². The lowest BCUT2D eigenvalue weighted by molar-refractivity contribution is -0.147. The van der Waals surface area contributed by atoms with Gasteiger partial charge in [0, 0.05) is 12.0 Å². The third-order valence-electron chi connectivity index (χ3n) is 6.40. The summed E-state index contributed by atoms with van der Waals surface area (Å²) in [6.07, 6.45) is 10.1. The first kappa shape index (κ1) is 13.1. The quantitative estimate of drug-likeness (QED) is 0.861. The molecule has 1 aliphatic heterocycles. The van der Waals surface area contributed by atoms with Crippen LogP contribution in [0.5, 0.6) is 0 Å². The monoisotopic (exact) mass is 277 g/mol. The molecule has 1 N–H and O–H groups in total. The van der Waals surface area contributed by atoms with Crippen LogP contribution in [-0.4, -0.2) is 24.7 Å². The Morgan fingerprint density at radius 1 is 1.15 bits per heavy atom. The van der Waals surface area contributed by atoms with Crippen molar-refractivity contribution < 1.29 is 9.53 Å². The average molecular weight is 277 g/mol. The van der Waals surface area contributed by atoms with Crippen LogP contribution in [0.4, 0.5) is 0 Å². The average Bonchev–Trinajstić information content (AvgIpc) is 2.90. The fraction of sp³-hybridized carbons (Fsp3) is 0.941. The summed E-state index contributed by atoms with van der Waals surface area (Å²) in [6, 6.07) is 0.179. The Hall–Kier alpha value is -0.570. The van der Waals surface area contributed by atoms with Gasteiger partial charge in [-0.2, -0.15) is 0 Å². The third kappa shape index (κ3) is 2.09. The standard InChI is InChI=1S/C17H27NO2/c1-11(15-3-2-4-20-15)18-16(19)17-8-12-5-13(9-17)7-14(6-12)10-17/h11-15H,2-10H2,1H3,(H,18,19). The molecule has 5 fully saturated rings. The predicted molar refractivity (Wildman–Crippen MR) is 77.2 cm³/mol. The van der Waals surface area contributed by atoms with Gasteiger partial charge in [-0.15, -0.1) is 0 Å². The number of amides is 1. The van der Waals surface area contributed by atoms with Gasteiger partial charge in [-0.1, -0.05) is 0 Å². The Kier molecular flexibility index (Phi) is 3.10. The van der Waals surface area contributed by atoms with E-state index in [1.165, 1.54) is 19.3 Å². The Labute approximate surface area is 121 Å². The van der Waals surface area contributed by atoms with Gasteiger partial charge >= 0.3 is 0 Å². The van der Waals surface area contributed by atoms with Gasteiger partial charge in [-0.3, -0.25) is 4.79 Å². The third-order valence-corrected chi connectivity index (χ3v) is 6.40. The summed E-state index contributed by atoms with van der Waals surface area (Å²) in [5.41, 5.74) is -0.0123. The molecule has 5 rings (SSSR count). The molecule has 1 heterocycles. The lowest BCUT2D eigenvalue weighted by Crippen LogP contribution is -2.56. The first-order valence-electron chi connectivity index (χ1n) is 8.57. The minimum atomic E-state index is -0.0123. The Morgan fingerprint density at radius 3 is 2.25 bits per heavy atom. The maximum Gasteiger partial charge on any atom is 0.226 e. The van der Waals surface area contributed by atoms with E-state index >= 15 is 0 Å². The summed E-state index contributed by atoms with van der Waals surface area (Å²) in [5.74, 6) is 2.86. The number of rotatable bonds is 3. The molecule has 4 aliphatic carbocycles. The minimum absolute atomic E-state index is 0.0123. The van der Waals surface area contributed by atoms with Crippen molar-refractivity contribution in [1.82, 2.24) is 5.32 Å². The molecule has 5 aliphatic rings. The Balaban J connectivity index is 1.45. The molecule has 2 unspecified atom stereocenters. The predicted octanol–water partition coefficient (Wildman–Crippen LogP) is 2.89. The molecule has 0 spiro atoms. The first-order chi connectivity index (χ1) is 9.64. The van der Waals surface area contributed by atoms with Gasteiger partial charge in [-0.05, 0) is 76.0 Å². The van der Waals surface area contributed by atoms with Crippen LogP contribution >= 0.6 is 0 Å². The van der Waals surface area contributed by atoms with Gasteiger partial charge < -0.3 is 10.1 Å². The summed E-state index contributed by atoms with van der Waals surface area (Å²) >= 11 is 0. The van der Waals surface area contributed by atoms with E-state index in [2.05, 4.69) is 12.2 Å². The lowest BCUT2D eigenvalue weighted by Gasteiger charge is -2.55. The molecule has 4 saturated carbocycles. The van der Waals surface area contributed by atoms with Crippen LogP contribution in [0.25, 0.3) is 0 Å². The summed E-state index contributed by atoms with van der Waals surface area (Å²) in [7, 11) is 0. The molecular formula is C17H27NO2. The highest BCUT2D eigenvalue weighted by Gasteiger charge is 2.54. The fourth-order valence-electron chi connectivity index (χ4n) is 5.84. The molecule has 3 heteroatoms. The second-order valence-electron chi connectivity index (χ2n) is 8.01. The first-order valence-corrected chi connectivity index (χ1v) is 8.57. The number of hydrogen-bond acceptors (Lipinski definition) is 2. The second-order valence-corrected chi connectivity index (χ2v) is 8.01. The van der Waals surface area contributed by atoms with Crippen LogP contribution in [0.3, 0.4) is 0 Å². The van der Waals surface area contributed by atoms with Crippen molar-refractivity contribution in [3.05, 3.63) is 0 Å². The van der Waals surface area contributed by atoms with Gasteiger partial charge in [0.25, 0.3) is 0 Å². The van der Waals surface area contributed by atoms with Gasteiger partial charge in [0.1, 0.15) is 0 Å². The van der Waals surface area contributed by atoms with Crippen molar-refractivity contribution in [2.75, 3.05) is 6.61 Å². The zero-order valence-corrected chi connectivity index (χ0v) is 12.6. The molecule has 20 heavy (non-hydrogen) atoms. The van der Waals surface area contributed by atoms with E-state index < -0.39 is 0 Å². The van der Waals surface area contributed by atoms with Crippen molar-refractivity contribution in [1.29, 1.82) is 0 Å². The fourth-order valence-corrected chi connectivity index (χ4v) is 5.84. The zero-order valence-electron chi connectivity index (χ0n) is 12.6. The maximum absolute atomic E-state index is 12.9. The van der Waals surface area contributed by atoms with E-state index in [1.54, 1.807) is 0 Å². The van der Waals surface area contributed by atoms with Gasteiger partial charge in [0.2, 0.25) is 5.91 Å². The number of carbonyl (C=O) groups excluding carboxylic acids is 1. The largest absolute Gasteiger partial charge is 0.376 e. The Morgan fingerprint density at radius 2 is 1.75 bits per heavy atom. The Bertz CT molecular complexity index is 365. The summed E-state index contributed by atoms with van der Waals surface area (Å²) in [4.78, 5) is 12.9. The molecular weight excluding hydrogens is 250 g/mol. The molecule has 1 saturated heterocycles. The number of nitrogens with one attached hydrogen (secondary N) is 1. The highest BCUT2D eigenvalue weighted by atomic mass is 16.5. The summed E-state index contributed by atoms with van der Waals surface area (Å²) in [5, 5.41) is 3.31. The van der Waals surface area contributed by atoms with E-state index in [9.17, 15) is 4.79 Å². The van der Waals surface area contributed by atoms with Crippen molar-refractivity contribution in [3.63, 3.8) is 0 Å². The second kappa shape index (κ2) is 4.72. The van der Waals surface area contributed by atoms with Crippen LogP contribution in [0.2, 0.25) is 0 Å². The summed E-state index contributed by atoms with van der Waals surface area (Å²) < 4.78 is 5.72. The van der Waals surface area contributed by atoms with Gasteiger partial charge in [0.15, 0.2) is 0 Å². The highest BCUT2D eigenvalue weighted by Crippen LogP contribution is 2.60. The SMILES string of the molecule is CC(NC(=O)C12CC3CC(CC(C3)C1)C2)C1CCCO1. The van der Waals surface area contributed by atoms with Gasteiger partial charge in [-0.25, -0.2) is 0 Å². The highest BCUT2D eigenvalue weighted by molar-refractivity contribution is 5.83. The topological polar surface area (TPSA) is 38.3 Å². The smallest absolute Gasteiger partial charge is 0.226 e. The van der Waals surface area contributed by atoms with Crippen molar-refractivity contribution in [3.8, 4) is 0 Å². The van der Waals surface area contributed by atoms with E-state index in [4.69, 9.17) is 4.74 Å². The molecule has 1 amide bonds. The van der Waals surface area contributed by atoms with Crippen LogP contribution < -0.4 is 5.32 Å². The number of hydrogen-bond donors (Lipinski definition) is 1. The van der Waals surface area contributed by atoms with Crippen molar-refractivity contribution >= 4 is 5.91 Å². The van der Waals surface area contributed by atoms with Crippen LogP contribution in [-0.2, 0) is 9.53 Å². The molecule has 0 aromatic rings. The lowest BCUT2D eigenvalue weighted by atomic mass is 9.49. The van der Waals surface area contributed by atoms with Gasteiger partial charge in [0.05, 0.1) is 12.1 Å². The van der Waals surface area contributed by atoms with Crippen LogP contribution in [0.1, 0.15) is 58.3 Å². The molecule has 4 bridgehead atoms. The van der Waals surface area contributed by atoms with Crippen molar-refractivity contribution in [2.45, 2.75) is 70.4 Å². The molecule has 0 radical (unpaired) electrons. The van der Waals surface area contributed by atoms with Crippen molar-refractivity contribution in [2.24, 2.45) is 23.2 Å². The molecule has 2 atom stereocenters. The number of carbonyl (C=O) groups is 1. The zero-order chi connectivity index (χ0) is 13.7. The minimum Gasteiger partial charge on any atom is -0.376 e. The molecule has 0 aromatic heterocycles. The molecule has 112 valence electrons. The summed E-state index contributed by atoms with van der Waals surface area (Å²) in [6.45, 7) is 2.98. The molecule has 3 nitrogen and oxygen atoms in total. The normalized spacial score (nSPS) is 47.5. The van der Waals surface area contributed by atoms with Crippen LogP contribution in [0.15, 0.2) is 0 Å². The van der Waals surface area contributed by atoms with E-state index in [-0.39, 0.29) is 17.6 Å². The number of ether oxygens (including phenoxy) is 1. The van der Waals surface area contributed by atoms with E-state index in [1.807, 2.05) is 0 Å². The van der Waals surface area contributed by atoms with Crippen LogP contribution in [0, 0.1) is 23.2 Å². The van der Waals surface area contributed by atoms with E-state index in [0.717, 1.165) is 56.5 Å².